The highest BCUT2D eigenvalue weighted by atomic mass is 32.2. The Morgan fingerprint density at radius 1 is 1.23 bits per heavy atom. The molecule has 1 fully saturated rings. The number of carbonyl (C=O) groups excluding carboxylic acids is 1. The Labute approximate surface area is 152 Å². The summed E-state index contributed by atoms with van der Waals surface area (Å²) in [5, 5.41) is 6.92. The maximum absolute atomic E-state index is 12.9. The Bertz CT molecular complexity index is 930. The lowest BCUT2D eigenvalue weighted by Crippen LogP contribution is -2.28. The lowest BCUT2D eigenvalue weighted by Gasteiger charge is -2.18. The van der Waals surface area contributed by atoms with Gasteiger partial charge in [0.1, 0.15) is 16.5 Å². The second-order valence-corrected chi connectivity index (χ2v) is 8.13. The third-order valence-electron chi connectivity index (χ3n) is 4.35. The normalized spacial score (nSPS) is 15.2. The van der Waals surface area contributed by atoms with Crippen LogP contribution in [0.2, 0.25) is 0 Å². The first-order valence-corrected chi connectivity index (χ1v) is 9.77. The number of aryl methyl sites for hydroxylation is 2. The summed E-state index contributed by atoms with van der Waals surface area (Å²) >= 11 is 0. The molecule has 2 heterocycles. The topological polar surface area (TPSA) is 93.5 Å². The minimum Gasteiger partial charge on any atom is -0.495 e. The molecule has 1 aromatic carbocycles. The Morgan fingerprint density at radius 2 is 1.92 bits per heavy atom. The Balaban J connectivity index is 1.94. The van der Waals surface area contributed by atoms with E-state index in [1.807, 2.05) is 6.92 Å². The van der Waals surface area contributed by atoms with Crippen molar-refractivity contribution in [2.75, 3.05) is 25.5 Å². The molecule has 9 heteroatoms. The average molecular weight is 378 g/mol. The van der Waals surface area contributed by atoms with E-state index in [9.17, 15) is 13.2 Å². The summed E-state index contributed by atoms with van der Waals surface area (Å²) in [6.45, 7) is 2.79. The fourth-order valence-electron chi connectivity index (χ4n) is 3.00. The second-order valence-electron chi connectivity index (χ2n) is 6.23. The molecule has 1 aromatic heterocycles. The van der Waals surface area contributed by atoms with Crippen LogP contribution in [0.4, 0.5) is 5.82 Å². The van der Waals surface area contributed by atoms with Crippen LogP contribution in [-0.4, -0.2) is 48.6 Å². The number of rotatable bonds is 5. The molecule has 0 atom stereocenters. The fraction of sp³-hybridized carbons (Fsp3) is 0.412. The quantitative estimate of drug-likeness (QED) is 0.856. The summed E-state index contributed by atoms with van der Waals surface area (Å²) in [5.74, 6) is 0.352. The molecule has 0 saturated carbocycles. The van der Waals surface area contributed by atoms with Gasteiger partial charge in [0, 0.05) is 31.8 Å². The van der Waals surface area contributed by atoms with Gasteiger partial charge in [-0.05, 0) is 38.0 Å². The smallest absolute Gasteiger partial charge is 0.256 e. The number of anilines is 1. The fourth-order valence-corrected chi connectivity index (χ4v) is 4.70. The molecule has 140 valence electrons. The molecule has 0 unspecified atom stereocenters. The van der Waals surface area contributed by atoms with E-state index in [1.165, 1.54) is 23.5 Å². The third kappa shape index (κ3) is 3.45. The lowest BCUT2D eigenvalue weighted by atomic mass is 10.2. The Hall–Kier alpha value is -2.39. The molecule has 0 radical (unpaired) electrons. The number of methoxy groups -OCH3 is 1. The number of ether oxygens (including phenoxy) is 1. The number of aromatic nitrogens is 2. The summed E-state index contributed by atoms with van der Waals surface area (Å²) in [6.07, 6.45) is 1.67. The van der Waals surface area contributed by atoms with E-state index in [2.05, 4.69) is 10.4 Å². The first-order valence-electron chi connectivity index (χ1n) is 8.33. The summed E-state index contributed by atoms with van der Waals surface area (Å²) in [7, 11) is -0.568. The molecule has 26 heavy (non-hydrogen) atoms. The highest BCUT2D eigenvalue weighted by molar-refractivity contribution is 7.89. The predicted molar refractivity (Wildman–Crippen MR) is 96.9 cm³/mol. The first kappa shape index (κ1) is 18.4. The molecule has 0 aliphatic carbocycles. The van der Waals surface area contributed by atoms with Gasteiger partial charge < -0.3 is 10.1 Å². The molecule has 3 rings (SSSR count). The van der Waals surface area contributed by atoms with Crippen LogP contribution in [0.15, 0.2) is 29.2 Å². The number of nitrogens with zero attached hydrogens (tertiary/aromatic N) is 3. The van der Waals surface area contributed by atoms with Gasteiger partial charge in [-0.3, -0.25) is 9.48 Å². The number of hydrogen-bond acceptors (Lipinski definition) is 5. The number of amides is 1. The molecule has 8 nitrogen and oxygen atoms in total. The number of nitrogens with one attached hydrogen (secondary N) is 1. The van der Waals surface area contributed by atoms with E-state index >= 15 is 0 Å². The molecule has 0 bridgehead atoms. The summed E-state index contributed by atoms with van der Waals surface area (Å²) in [6, 6.07) is 6.15. The van der Waals surface area contributed by atoms with Gasteiger partial charge in [0.05, 0.1) is 12.8 Å². The van der Waals surface area contributed by atoms with Gasteiger partial charge in [-0.2, -0.15) is 9.40 Å². The van der Waals surface area contributed by atoms with E-state index < -0.39 is 15.9 Å². The third-order valence-corrected chi connectivity index (χ3v) is 6.27. The minimum absolute atomic E-state index is 0.00994. The van der Waals surface area contributed by atoms with Crippen molar-refractivity contribution < 1.29 is 17.9 Å². The highest BCUT2D eigenvalue weighted by Gasteiger charge is 2.30. The molecular formula is C17H22N4O4S. The van der Waals surface area contributed by atoms with Crippen LogP contribution in [0.5, 0.6) is 5.75 Å². The predicted octanol–water partition coefficient (Wildman–Crippen LogP) is 1.77. The van der Waals surface area contributed by atoms with Crippen LogP contribution in [-0.2, 0) is 17.1 Å². The second kappa shape index (κ2) is 7.08. The standard InChI is InChI=1S/C17H22N4O4S/c1-12-10-16(20(2)19-12)18-17(22)13-6-7-14(25-3)15(11-13)26(23,24)21-8-4-5-9-21/h6-7,10-11H,4-5,8-9H2,1-3H3,(H,18,22). The average Bonchev–Trinajstić information content (AvgIpc) is 3.25. The molecular weight excluding hydrogens is 356 g/mol. The van der Waals surface area contributed by atoms with Crippen LogP contribution in [0.25, 0.3) is 0 Å². The molecule has 1 aliphatic heterocycles. The SMILES string of the molecule is COc1ccc(C(=O)Nc2cc(C)nn2C)cc1S(=O)(=O)N1CCCC1. The van der Waals surface area contributed by atoms with Crippen LogP contribution in [0, 0.1) is 6.92 Å². The van der Waals surface area contributed by atoms with E-state index in [0.717, 1.165) is 18.5 Å². The van der Waals surface area contributed by atoms with Crippen molar-refractivity contribution in [2.24, 2.45) is 7.05 Å². The largest absolute Gasteiger partial charge is 0.495 e. The molecule has 1 N–H and O–H groups in total. The van der Waals surface area contributed by atoms with E-state index in [1.54, 1.807) is 23.9 Å². The maximum atomic E-state index is 12.9. The van der Waals surface area contributed by atoms with Crippen LogP contribution < -0.4 is 10.1 Å². The number of carbonyl (C=O) groups is 1. The van der Waals surface area contributed by atoms with Crippen molar-refractivity contribution in [1.82, 2.24) is 14.1 Å². The molecule has 2 aromatic rings. The summed E-state index contributed by atoms with van der Waals surface area (Å²) in [5.41, 5.74) is 1.01. The van der Waals surface area contributed by atoms with Crippen molar-refractivity contribution in [3.63, 3.8) is 0 Å². The number of benzene rings is 1. The minimum atomic E-state index is -3.70. The zero-order chi connectivity index (χ0) is 18.9. The van der Waals surface area contributed by atoms with E-state index in [-0.39, 0.29) is 16.2 Å². The molecule has 1 aliphatic rings. The lowest BCUT2D eigenvalue weighted by molar-refractivity contribution is 0.102. The number of hydrogen-bond donors (Lipinski definition) is 1. The van der Waals surface area contributed by atoms with E-state index in [0.29, 0.717) is 18.9 Å². The highest BCUT2D eigenvalue weighted by Crippen LogP contribution is 2.30. The van der Waals surface area contributed by atoms with Crippen LogP contribution in [0.3, 0.4) is 0 Å². The molecule has 1 amide bonds. The van der Waals surface area contributed by atoms with Gasteiger partial charge in [-0.15, -0.1) is 0 Å². The first-order chi connectivity index (χ1) is 12.3. The van der Waals surface area contributed by atoms with Crippen molar-refractivity contribution in [2.45, 2.75) is 24.7 Å². The molecule has 0 spiro atoms. The maximum Gasteiger partial charge on any atom is 0.256 e. The van der Waals surface area contributed by atoms with Crippen molar-refractivity contribution >= 4 is 21.7 Å². The van der Waals surface area contributed by atoms with Gasteiger partial charge in [0.2, 0.25) is 10.0 Å². The van der Waals surface area contributed by atoms with Gasteiger partial charge in [0.25, 0.3) is 5.91 Å². The van der Waals surface area contributed by atoms with Crippen molar-refractivity contribution in [1.29, 1.82) is 0 Å². The zero-order valence-electron chi connectivity index (χ0n) is 15.0. The van der Waals surface area contributed by atoms with Gasteiger partial charge in [-0.1, -0.05) is 0 Å². The zero-order valence-corrected chi connectivity index (χ0v) is 15.8. The van der Waals surface area contributed by atoms with Crippen LogP contribution >= 0.6 is 0 Å². The summed E-state index contributed by atoms with van der Waals surface area (Å²) < 4.78 is 34.0. The van der Waals surface area contributed by atoms with Gasteiger partial charge >= 0.3 is 0 Å². The monoisotopic (exact) mass is 378 g/mol. The Morgan fingerprint density at radius 3 is 2.50 bits per heavy atom. The van der Waals surface area contributed by atoms with Gasteiger partial charge in [0.15, 0.2) is 0 Å². The summed E-state index contributed by atoms with van der Waals surface area (Å²) in [4.78, 5) is 12.6. The van der Waals surface area contributed by atoms with Crippen molar-refractivity contribution in [3.8, 4) is 5.75 Å². The Kier molecular flexibility index (Phi) is 5.01. The van der Waals surface area contributed by atoms with Crippen LogP contribution in [0.1, 0.15) is 28.9 Å². The van der Waals surface area contributed by atoms with Gasteiger partial charge in [-0.25, -0.2) is 8.42 Å². The molecule has 1 saturated heterocycles. The van der Waals surface area contributed by atoms with Crippen molar-refractivity contribution in [3.05, 3.63) is 35.5 Å². The van der Waals surface area contributed by atoms with E-state index in [4.69, 9.17) is 4.74 Å². The number of sulfonamides is 1.